The van der Waals surface area contributed by atoms with E-state index in [1.165, 1.54) is 32.9 Å². The van der Waals surface area contributed by atoms with Crippen molar-refractivity contribution in [2.45, 2.75) is 95.3 Å². The van der Waals surface area contributed by atoms with Crippen LogP contribution in [0.15, 0.2) is 41.5 Å². The molecule has 0 amide bonds. The molecule has 4 aliphatic rings. The third-order valence-electron chi connectivity index (χ3n) is 10.3. The van der Waals surface area contributed by atoms with Crippen LogP contribution in [0.1, 0.15) is 57.8 Å². The fraction of sp³-hybridized carbons (Fsp3) is 0.645. The lowest BCUT2D eigenvalue weighted by molar-refractivity contribution is -0.358. The molecule has 1 saturated heterocycles. The maximum Gasteiger partial charge on any atom is 0.338 e. The zero-order chi connectivity index (χ0) is 31.7. The van der Waals surface area contributed by atoms with Gasteiger partial charge in [0.05, 0.1) is 52.8 Å². The fourth-order valence-corrected chi connectivity index (χ4v) is 8.31. The summed E-state index contributed by atoms with van der Waals surface area (Å²) in [5, 5.41) is 59.2. The van der Waals surface area contributed by atoms with E-state index in [-0.39, 0.29) is 36.2 Å². The van der Waals surface area contributed by atoms with Crippen molar-refractivity contribution in [2.75, 3.05) is 13.2 Å². The molecule has 236 valence electrons. The van der Waals surface area contributed by atoms with Gasteiger partial charge in [-0.15, -0.1) is 0 Å². The van der Waals surface area contributed by atoms with E-state index in [1.54, 1.807) is 25.1 Å². The van der Waals surface area contributed by atoms with E-state index < -0.39 is 89.1 Å². The Morgan fingerprint density at radius 3 is 2.23 bits per heavy atom. The minimum Gasteiger partial charge on any atom is -0.465 e. The van der Waals surface area contributed by atoms with Gasteiger partial charge in [0.25, 0.3) is 0 Å². The van der Waals surface area contributed by atoms with Gasteiger partial charge in [0.2, 0.25) is 0 Å². The van der Waals surface area contributed by atoms with Gasteiger partial charge in [-0.3, -0.25) is 9.59 Å². The molecule has 1 unspecified atom stereocenters. The molecule has 0 aromatic heterocycles. The van der Waals surface area contributed by atoms with Crippen LogP contribution in [0.2, 0.25) is 0 Å². The van der Waals surface area contributed by atoms with Crippen LogP contribution in [0.25, 0.3) is 0 Å². The fourth-order valence-electron chi connectivity index (χ4n) is 8.31. The first-order valence-electron chi connectivity index (χ1n) is 14.4. The number of esters is 3. The van der Waals surface area contributed by atoms with Gasteiger partial charge in [-0.2, -0.15) is 0 Å². The predicted octanol–water partition coefficient (Wildman–Crippen LogP) is 0.417. The highest BCUT2D eigenvalue weighted by molar-refractivity contribution is 5.89. The van der Waals surface area contributed by atoms with Gasteiger partial charge in [0, 0.05) is 20.3 Å². The molecule has 1 aromatic rings. The lowest BCUT2D eigenvalue weighted by atomic mass is 9.49. The summed E-state index contributed by atoms with van der Waals surface area (Å²) in [6.45, 7) is 5.84. The molecule has 43 heavy (non-hydrogen) atoms. The average molecular weight is 605 g/mol. The molecule has 0 radical (unpaired) electrons. The maximum atomic E-state index is 13.9. The average Bonchev–Trinajstić information content (AvgIpc) is 3.17. The molecule has 5 rings (SSSR count). The standard InChI is InChI=1S/C31H40O12/c1-15-19(34)12-30(28(4,5)39)22(15)23(36)25(37)29(13-40-16(2)32)20(35)11-21-31(14-41-21,43-17(3)33)24(29)26(30)42-27(38)18-9-7-6-8-10-18/h6-10,19-21,23-26,34-37,39H,11-14H2,1-5H3/t19-,20?,21+,23+,24-,25-,26-,29+,30-,31-/m0/s1. The maximum absolute atomic E-state index is 13.9. The first-order chi connectivity index (χ1) is 20.0. The molecule has 1 heterocycles. The molecule has 2 saturated carbocycles. The quantitative estimate of drug-likeness (QED) is 0.171. The largest absolute Gasteiger partial charge is 0.465 e. The molecule has 12 heteroatoms. The molecule has 1 aromatic carbocycles. The summed E-state index contributed by atoms with van der Waals surface area (Å²) >= 11 is 0. The van der Waals surface area contributed by atoms with E-state index in [4.69, 9.17) is 18.9 Å². The Hall–Kier alpha value is -2.87. The Morgan fingerprint density at radius 2 is 1.70 bits per heavy atom. The van der Waals surface area contributed by atoms with Gasteiger partial charge < -0.3 is 44.5 Å². The normalized spacial score (nSPS) is 40.3. The van der Waals surface area contributed by atoms with Crippen LogP contribution in [0, 0.1) is 16.7 Å². The number of fused-ring (bicyclic) bond motifs is 4. The molecule has 1 aliphatic heterocycles. The number of hydrogen-bond donors (Lipinski definition) is 5. The van der Waals surface area contributed by atoms with Crippen molar-refractivity contribution in [3.8, 4) is 0 Å². The number of carbonyl (C=O) groups excluding carboxylic acids is 3. The Balaban J connectivity index is 1.88. The summed E-state index contributed by atoms with van der Waals surface area (Å²) in [7, 11) is 0. The van der Waals surface area contributed by atoms with Crippen molar-refractivity contribution in [1.82, 2.24) is 0 Å². The number of aliphatic hydroxyl groups is 5. The molecule has 3 aliphatic carbocycles. The zero-order valence-corrected chi connectivity index (χ0v) is 24.9. The van der Waals surface area contributed by atoms with Crippen LogP contribution in [0.5, 0.6) is 0 Å². The molecule has 5 N–H and O–H groups in total. The molecule has 3 fully saturated rings. The Morgan fingerprint density at radius 1 is 1.05 bits per heavy atom. The van der Waals surface area contributed by atoms with Crippen LogP contribution in [-0.2, 0) is 28.5 Å². The van der Waals surface area contributed by atoms with Gasteiger partial charge in [-0.05, 0) is 50.5 Å². The summed E-state index contributed by atoms with van der Waals surface area (Å²) in [5.74, 6) is -3.73. The van der Waals surface area contributed by atoms with Crippen LogP contribution < -0.4 is 0 Å². The van der Waals surface area contributed by atoms with E-state index in [0.717, 1.165) is 6.92 Å². The number of carbonyl (C=O) groups is 3. The summed E-state index contributed by atoms with van der Waals surface area (Å²) < 4.78 is 23.6. The van der Waals surface area contributed by atoms with Gasteiger partial charge in [0.15, 0.2) is 5.60 Å². The second-order valence-corrected chi connectivity index (χ2v) is 12.9. The molecular formula is C31H40O12. The zero-order valence-electron chi connectivity index (χ0n) is 24.9. The summed E-state index contributed by atoms with van der Waals surface area (Å²) in [6.07, 6.45) is -9.39. The summed E-state index contributed by atoms with van der Waals surface area (Å²) in [4.78, 5) is 38.7. The summed E-state index contributed by atoms with van der Waals surface area (Å²) in [5.41, 5.74) is -6.86. The monoisotopic (exact) mass is 604 g/mol. The van der Waals surface area contributed by atoms with Crippen molar-refractivity contribution < 1.29 is 58.9 Å². The van der Waals surface area contributed by atoms with Crippen molar-refractivity contribution in [3.05, 3.63) is 47.0 Å². The Labute approximate surface area is 249 Å². The highest BCUT2D eigenvalue weighted by atomic mass is 16.6. The van der Waals surface area contributed by atoms with E-state index in [2.05, 4.69) is 0 Å². The lowest BCUT2D eigenvalue weighted by Crippen LogP contribution is -2.80. The van der Waals surface area contributed by atoms with E-state index in [1.807, 2.05) is 0 Å². The molecule has 10 atom stereocenters. The van der Waals surface area contributed by atoms with Crippen LogP contribution in [0.3, 0.4) is 0 Å². The first kappa shape index (κ1) is 31.6. The molecule has 0 spiro atoms. The van der Waals surface area contributed by atoms with Crippen molar-refractivity contribution >= 4 is 17.9 Å². The summed E-state index contributed by atoms with van der Waals surface area (Å²) in [6, 6.07) is 8.00. The van der Waals surface area contributed by atoms with Crippen molar-refractivity contribution in [1.29, 1.82) is 0 Å². The number of rotatable bonds is 6. The van der Waals surface area contributed by atoms with Gasteiger partial charge >= 0.3 is 17.9 Å². The Kier molecular flexibility index (Phi) is 7.81. The number of hydrogen-bond acceptors (Lipinski definition) is 12. The lowest BCUT2D eigenvalue weighted by Gasteiger charge is -2.65. The van der Waals surface area contributed by atoms with Crippen molar-refractivity contribution in [3.63, 3.8) is 0 Å². The highest BCUT2D eigenvalue weighted by Gasteiger charge is 2.80. The van der Waals surface area contributed by atoms with E-state index in [9.17, 15) is 39.9 Å². The predicted molar refractivity (Wildman–Crippen MR) is 147 cm³/mol. The highest BCUT2D eigenvalue weighted by Crippen LogP contribution is 2.67. The number of benzene rings is 1. The number of aliphatic hydroxyl groups excluding tert-OH is 4. The second kappa shape index (κ2) is 10.6. The first-order valence-corrected chi connectivity index (χ1v) is 14.4. The molecule has 12 nitrogen and oxygen atoms in total. The van der Waals surface area contributed by atoms with Gasteiger partial charge in [0.1, 0.15) is 24.9 Å². The molecule has 0 bridgehead atoms. The van der Waals surface area contributed by atoms with E-state index in [0.29, 0.717) is 0 Å². The number of ether oxygens (including phenoxy) is 4. The van der Waals surface area contributed by atoms with E-state index >= 15 is 0 Å². The van der Waals surface area contributed by atoms with Gasteiger partial charge in [-0.1, -0.05) is 18.2 Å². The van der Waals surface area contributed by atoms with Crippen molar-refractivity contribution in [2.24, 2.45) is 16.7 Å². The van der Waals surface area contributed by atoms with Gasteiger partial charge in [-0.25, -0.2) is 4.79 Å². The minimum atomic E-state index is -2.00. The smallest absolute Gasteiger partial charge is 0.338 e. The third kappa shape index (κ3) is 4.45. The Bertz CT molecular complexity index is 1320. The van der Waals surface area contributed by atoms with Crippen LogP contribution >= 0.6 is 0 Å². The third-order valence-corrected chi connectivity index (χ3v) is 10.3. The van der Waals surface area contributed by atoms with Crippen LogP contribution in [0.4, 0.5) is 0 Å². The van der Waals surface area contributed by atoms with Crippen LogP contribution in [-0.4, -0.2) is 104 Å². The SMILES string of the molecule is CC(=O)OC[C@@]12C(O)C[C@H]3OC[C@@]3(OC(C)=O)[C@H]1[C@H](OC(=O)c1ccccc1)[C@]1(C(C)(C)O)C[C@H](O)C(C)=C1[C@@H](O)[C@@H]2O. The molecular weight excluding hydrogens is 564 g/mol. The minimum absolute atomic E-state index is 0.0319. The topological polar surface area (TPSA) is 189 Å². The second-order valence-electron chi connectivity index (χ2n) is 12.9.